The second kappa shape index (κ2) is 48.2. The van der Waals surface area contributed by atoms with E-state index in [1.807, 2.05) is 0 Å². The van der Waals surface area contributed by atoms with Crippen molar-refractivity contribution in [2.45, 2.75) is 183 Å². The fourth-order valence-electron chi connectivity index (χ4n) is 15.6. The van der Waals surface area contributed by atoms with E-state index in [4.69, 9.17) is 104 Å². The number of ketones is 3. The molecule has 0 heterocycles. The van der Waals surface area contributed by atoms with E-state index < -0.39 is 110 Å². The first kappa shape index (κ1) is 114. The van der Waals surface area contributed by atoms with Crippen molar-refractivity contribution in [1.29, 1.82) is 0 Å². The van der Waals surface area contributed by atoms with Crippen molar-refractivity contribution < 1.29 is 102 Å². The van der Waals surface area contributed by atoms with Gasteiger partial charge >= 0.3 is 5.97 Å². The molecule has 4 aliphatic rings. The number of Topliss-reactive ketones (excluding diaryl/α,β-unsaturated/α-hetero) is 3. The lowest BCUT2D eigenvalue weighted by Crippen LogP contribution is -2.19. The molecule has 0 aromatic heterocycles. The molecule has 0 radical (unpaired) electrons. The van der Waals surface area contributed by atoms with Gasteiger partial charge in [0.2, 0.25) is 0 Å². The quantitative estimate of drug-likeness (QED) is 0.0265. The highest BCUT2D eigenvalue weighted by Gasteiger charge is 2.41. The number of rotatable bonds is 36. The minimum atomic E-state index is -3.37. The monoisotopic (exact) mass is 2280 g/mol. The van der Waals surface area contributed by atoms with Crippen molar-refractivity contribution in [2.24, 2.45) is 0 Å². The molecule has 5 N–H and O–H groups in total. The highest BCUT2D eigenvalue weighted by atomic mass is 35.5. The third-order valence-electron chi connectivity index (χ3n) is 24.5. The SMILES string of the molecule is CCS(=O)(=O)c1ccc(C(CO)C(=O)Cc2cc(Cl)c(-c3ccc(S(=O)(=O)C4CC4)cc3)c(Cl)c2)cc1.CCS(=O)(=O)c1ccc(C(CO)C(=O)Cc2cc(Cl)c(-c3ccc(S(=O)(=O)C4CC4)cc3)c(Cl)c2)cc1.CCS(=O)(=O)c1ccc(CC(=O)Cc2cc(Cl)c(-c3ccc(S(=O)(=O)C4CC4)cc3)c(Cl)c2)cc1.CCS(=O)(=O)c1ccc(CC(=O)O)cc1.Nc1cc(Cl)c(-c2ccc(S(=O)(=O)C3CC3)cc2)c(Cl)c1. The summed E-state index contributed by atoms with van der Waals surface area (Å²) in [5.41, 5.74) is 15.3. The number of halogens is 8. The largest absolute Gasteiger partial charge is 0.481 e. The molecule has 16 rings (SSSR count). The van der Waals surface area contributed by atoms with Crippen LogP contribution in [0.25, 0.3) is 44.5 Å². The number of benzene rings is 12. The van der Waals surface area contributed by atoms with Gasteiger partial charge in [-0.2, -0.15) is 0 Å². The van der Waals surface area contributed by atoms with E-state index in [0.29, 0.717) is 167 Å². The summed E-state index contributed by atoms with van der Waals surface area (Å²) < 4.78 is 194. The third kappa shape index (κ3) is 28.9. The number of carbonyl (C=O) groups excluding carboxylic acids is 3. The van der Waals surface area contributed by atoms with Gasteiger partial charge in [-0.05, 0) is 258 Å². The van der Waals surface area contributed by atoms with Crippen molar-refractivity contribution in [3.05, 3.63) is 322 Å². The summed E-state index contributed by atoms with van der Waals surface area (Å²) in [5, 5.41) is 30.1. The molecule has 24 nitrogen and oxygen atoms in total. The first-order chi connectivity index (χ1) is 68.3. The minimum absolute atomic E-state index is 0.0203. The lowest BCUT2D eigenvalue weighted by molar-refractivity contribution is -0.136. The van der Waals surface area contributed by atoms with E-state index in [-0.39, 0.29) is 123 Å². The first-order valence-electron chi connectivity index (χ1n) is 45.7. The fraction of sp³-hybridized carbons (Fsp3) is 0.276. The van der Waals surface area contributed by atoms with Gasteiger partial charge in [0.05, 0.1) is 155 Å². The number of hydrogen-bond donors (Lipinski definition) is 4. The molecule has 12 aromatic carbocycles. The number of aliphatic hydroxyl groups is 2. The van der Waals surface area contributed by atoms with Gasteiger partial charge in [0.25, 0.3) is 0 Å². The van der Waals surface area contributed by atoms with Gasteiger partial charge in [-0.3, -0.25) is 19.2 Å². The van der Waals surface area contributed by atoms with Gasteiger partial charge < -0.3 is 21.1 Å². The third-order valence-corrected chi connectivity index (χ3v) is 43.0. The number of aliphatic carboxylic acids is 1. The van der Waals surface area contributed by atoms with E-state index >= 15 is 0 Å². The van der Waals surface area contributed by atoms with Gasteiger partial charge in [-0.15, -0.1) is 0 Å². The van der Waals surface area contributed by atoms with Gasteiger partial charge in [0, 0.05) is 53.6 Å². The molecule has 768 valence electrons. The zero-order valence-electron chi connectivity index (χ0n) is 78.4. The maximum absolute atomic E-state index is 13.0. The van der Waals surface area contributed by atoms with Crippen LogP contribution >= 0.6 is 92.8 Å². The second-order valence-electron chi connectivity index (χ2n) is 35.0. The predicted molar refractivity (Wildman–Crippen MR) is 570 cm³/mol. The lowest BCUT2D eigenvalue weighted by Gasteiger charge is -2.16. The van der Waals surface area contributed by atoms with Crippen LogP contribution in [-0.2, 0) is 130 Å². The number of hydrogen-bond acceptors (Lipinski definition) is 23. The zero-order valence-corrected chi connectivity index (χ0v) is 90.9. The summed E-state index contributed by atoms with van der Waals surface area (Å²) in [6, 6.07) is 63.3. The summed E-state index contributed by atoms with van der Waals surface area (Å²) in [4.78, 5) is 51.0. The molecule has 2 atom stereocenters. The van der Waals surface area contributed by atoms with Gasteiger partial charge in [-0.1, -0.05) is 218 Å². The molecule has 145 heavy (non-hydrogen) atoms. The lowest BCUT2D eigenvalue weighted by atomic mass is 9.91. The summed E-state index contributed by atoms with van der Waals surface area (Å²) in [6.45, 7) is 5.39. The normalized spacial score (nSPS) is 14.4. The molecule has 0 saturated heterocycles. The Morgan fingerprint density at radius 2 is 0.469 bits per heavy atom. The van der Waals surface area contributed by atoms with Gasteiger partial charge in [0.15, 0.2) is 78.7 Å². The second-order valence-corrected chi connectivity index (χ2v) is 56.3. The summed E-state index contributed by atoms with van der Waals surface area (Å²) >= 11 is 51.5. The average molecular weight is 2290 g/mol. The number of carboxylic acids is 1. The molecule has 2 unspecified atom stereocenters. The van der Waals surface area contributed by atoms with Crippen molar-refractivity contribution in [1.82, 2.24) is 0 Å². The van der Waals surface area contributed by atoms with Crippen LogP contribution in [0.4, 0.5) is 5.69 Å². The molecule has 40 heteroatoms. The van der Waals surface area contributed by atoms with E-state index in [2.05, 4.69) is 0 Å². The van der Waals surface area contributed by atoms with Crippen LogP contribution < -0.4 is 5.73 Å². The molecular formula is C105H101Cl8NO23S8. The zero-order chi connectivity index (χ0) is 106. The standard InChI is InChI=1S/2C27H26Cl2O6S2.C26H24Cl2O5S2.C15H13Cl2NO2S.C10H12O4S/c2*1-2-36(32,33)20-7-3-18(4-8-20)23(16-30)26(31)15-17-13-24(28)27(25(29)14-17)19-5-9-21(10-6-19)37(34,35)22-11-12-22;1-2-34(30,31)21-7-3-17(4-8-21)13-20(29)14-18-15-24(27)26(25(28)16-18)19-5-9-22(10-6-19)35(32,33)23-11-12-23;16-13-7-10(18)8-14(17)15(13)9-1-3-11(4-2-9)21(19,20)12-5-6-12;1-2-15(13,14)9-5-3-8(4-6-9)7-10(11)12/h2*3-10,13-14,22-23,30H,2,11-12,15-16H2,1H3;3-10,15-16,23H,2,11-14H2,1H3;1-4,7-8,12H,5-6,18H2;3-6H,2,7H2,1H3,(H,11,12). The van der Waals surface area contributed by atoms with Gasteiger partial charge in [0.1, 0.15) is 17.3 Å². The minimum Gasteiger partial charge on any atom is -0.481 e. The molecule has 0 bridgehead atoms. The Labute approximate surface area is 885 Å². The molecule has 0 aliphatic heterocycles. The maximum atomic E-state index is 13.0. The van der Waals surface area contributed by atoms with Crippen molar-refractivity contribution in [2.75, 3.05) is 42.0 Å². The smallest absolute Gasteiger partial charge is 0.307 e. The Bertz CT molecular complexity index is 7530. The highest BCUT2D eigenvalue weighted by Crippen LogP contribution is 2.45. The molecule has 4 aliphatic carbocycles. The number of anilines is 1. The van der Waals surface area contributed by atoms with Crippen LogP contribution in [-0.4, -0.2) is 163 Å². The maximum Gasteiger partial charge on any atom is 0.307 e. The Morgan fingerprint density at radius 1 is 0.276 bits per heavy atom. The van der Waals surface area contributed by atoms with Crippen LogP contribution in [0.5, 0.6) is 0 Å². The number of nitrogen functional groups attached to an aromatic ring is 1. The van der Waals surface area contributed by atoms with E-state index in [9.17, 15) is 96.7 Å². The van der Waals surface area contributed by atoms with Crippen LogP contribution in [0.3, 0.4) is 0 Å². The number of aliphatic hydroxyl groups excluding tert-OH is 2. The van der Waals surface area contributed by atoms with Crippen LogP contribution in [0, 0.1) is 0 Å². The van der Waals surface area contributed by atoms with Crippen LogP contribution in [0.15, 0.2) is 282 Å². The Balaban J connectivity index is 0.000000166. The van der Waals surface area contributed by atoms with E-state index in [1.165, 1.54) is 84.9 Å². The fourth-order valence-corrected chi connectivity index (χ4v) is 28.8. The topological polar surface area (TPSA) is 428 Å². The Kier molecular flexibility index (Phi) is 38.0. The van der Waals surface area contributed by atoms with Crippen molar-refractivity contribution in [3.63, 3.8) is 0 Å². The molecule has 4 fully saturated rings. The van der Waals surface area contributed by atoms with Crippen LogP contribution in [0.2, 0.25) is 40.2 Å². The summed E-state index contributed by atoms with van der Waals surface area (Å²) in [6.07, 6.45) is 5.74. The number of sulfone groups is 8. The summed E-state index contributed by atoms with van der Waals surface area (Å²) in [7, 11) is -26.3. The number of carbonyl (C=O) groups is 4. The number of nitrogens with two attached hydrogens (primary N) is 1. The molecule has 4 saturated carbocycles. The molecular weight excluding hydrogens is 2180 g/mol. The average Bonchev–Trinajstić information content (AvgIpc) is 1.60. The molecule has 12 aromatic rings. The Morgan fingerprint density at radius 3 is 0.676 bits per heavy atom. The van der Waals surface area contributed by atoms with Crippen molar-refractivity contribution in [3.8, 4) is 44.5 Å². The van der Waals surface area contributed by atoms with Gasteiger partial charge in [-0.25, -0.2) is 67.3 Å². The van der Waals surface area contributed by atoms with Crippen LogP contribution in [0.1, 0.15) is 130 Å². The molecule has 0 amide bonds. The van der Waals surface area contributed by atoms with Crippen molar-refractivity contribution >= 4 is 201 Å². The summed E-state index contributed by atoms with van der Waals surface area (Å²) in [5.74, 6) is -3.21. The molecule has 0 spiro atoms. The number of carboxylic acid groups (broad SMARTS) is 1. The van der Waals surface area contributed by atoms with E-state index in [0.717, 1.165) is 24.0 Å². The highest BCUT2D eigenvalue weighted by molar-refractivity contribution is 7.94. The first-order valence-corrected chi connectivity index (χ1v) is 61.5. The Hall–Kier alpha value is -9.24. The van der Waals surface area contributed by atoms with E-state index in [1.54, 1.807) is 185 Å². The predicted octanol–water partition coefficient (Wildman–Crippen LogP) is 21.6.